The van der Waals surface area contributed by atoms with Crippen molar-refractivity contribution in [3.8, 4) is 0 Å². The van der Waals surface area contributed by atoms with Gasteiger partial charge in [-0.3, -0.25) is 4.55 Å². The molecule has 0 bridgehead atoms. The molecule has 1 N–H and O–H groups in total. The van der Waals surface area contributed by atoms with Gasteiger partial charge in [-0.25, -0.2) is 0 Å². The van der Waals surface area contributed by atoms with Crippen molar-refractivity contribution in [3.63, 3.8) is 0 Å². The van der Waals surface area contributed by atoms with E-state index in [4.69, 9.17) is 0 Å². The quantitative estimate of drug-likeness (QED) is 0.531. The first kappa shape index (κ1) is 18.4. The number of hydrogen-bond donors (Lipinski definition) is 1. The third kappa shape index (κ3) is 6.76. The highest BCUT2D eigenvalue weighted by molar-refractivity contribution is 7.88. The third-order valence-corrected chi connectivity index (χ3v) is 8.49. The first-order chi connectivity index (χ1) is 9.99. The molecule has 0 aromatic heterocycles. The molecule has 0 fully saturated rings. The van der Waals surface area contributed by atoms with E-state index < -0.39 is 24.5 Å². The van der Waals surface area contributed by atoms with E-state index >= 15 is 0 Å². The Bertz CT molecular complexity index is 480. The average Bonchev–Trinajstić information content (AvgIpc) is 2.45. The molecule has 21 heavy (non-hydrogen) atoms. The normalized spacial score (nSPS) is 14.1. The molecule has 1 rings (SSSR count). The Labute approximate surface area is 131 Å². The summed E-state index contributed by atoms with van der Waals surface area (Å²) in [6.07, 6.45) is 5.71. The van der Waals surface area contributed by atoms with Gasteiger partial charge in [-0.05, 0) is 18.8 Å². The smallest absolute Gasteiger partial charge is 0.265 e. The van der Waals surface area contributed by atoms with Crippen molar-refractivity contribution in [3.05, 3.63) is 36.2 Å². The van der Waals surface area contributed by atoms with Gasteiger partial charge in [-0.2, -0.15) is 8.42 Å². The van der Waals surface area contributed by atoms with Gasteiger partial charge >= 0.3 is 0 Å². The van der Waals surface area contributed by atoms with Crippen LogP contribution in [0.15, 0.2) is 30.3 Å². The van der Waals surface area contributed by atoms with Crippen LogP contribution >= 0.6 is 0 Å². The van der Waals surface area contributed by atoms with Crippen molar-refractivity contribution < 1.29 is 13.0 Å². The molecule has 0 amide bonds. The van der Waals surface area contributed by atoms with Crippen molar-refractivity contribution in [2.45, 2.75) is 57.2 Å². The molecule has 1 aromatic rings. The van der Waals surface area contributed by atoms with Crippen LogP contribution in [0.5, 0.6) is 0 Å². The molecule has 0 heterocycles. The Morgan fingerprint density at radius 3 is 2.05 bits per heavy atom. The lowest BCUT2D eigenvalue weighted by molar-refractivity contribution is 0.473. The molecule has 0 saturated heterocycles. The molecule has 1 radical (unpaired) electrons. The molecule has 119 valence electrons. The average molecular weight is 328 g/mol. The minimum absolute atomic E-state index is 0.627. The van der Waals surface area contributed by atoms with Gasteiger partial charge in [-0.15, -0.1) is 0 Å². The Morgan fingerprint density at radius 2 is 1.62 bits per heavy atom. The lowest BCUT2D eigenvalue weighted by Gasteiger charge is -2.24. The van der Waals surface area contributed by atoms with E-state index in [9.17, 15) is 13.0 Å². The van der Waals surface area contributed by atoms with Gasteiger partial charge in [-0.1, -0.05) is 75.0 Å². The Hall–Kier alpha value is -0.653. The van der Waals surface area contributed by atoms with Gasteiger partial charge in [0.25, 0.3) is 10.1 Å². The Morgan fingerprint density at radius 1 is 1.10 bits per heavy atom. The summed E-state index contributed by atoms with van der Waals surface area (Å²) in [4.78, 5) is -0.627. The molecule has 0 saturated carbocycles. The summed E-state index contributed by atoms with van der Waals surface area (Å²) in [6, 6.07) is 9.74. The highest BCUT2D eigenvalue weighted by atomic mass is 32.2. The van der Waals surface area contributed by atoms with Crippen LogP contribution in [-0.2, 0) is 10.1 Å². The van der Waals surface area contributed by atoms with E-state index in [0.29, 0.717) is 0 Å². The topological polar surface area (TPSA) is 54.4 Å². The second kappa shape index (κ2) is 9.38. The Kier molecular flexibility index (Phi) is 8.22. The van der Waals surface area contributed by atoms with E-state index in [2.05, 4.69) is 13.8 Å². The van der Waals surface area contributed by atoms with Crippen molar-refractivity contribution in [1.82, 2.24) is 0 Å². The molecule has 1 atom stereocenters. The van der Waals surface area contributed by atoms with Crippen molar-refractivity contribution >= 4 is 24.8 Å². The van der Waals surface area contributed by atoms with E-state index in [1.807, 2.05) is 30.3 Å². The zero-order chi connectivity index (χ0) is 15.7. The largest absolute Gasteiger partial charge is 0.286 e. The molecule has 0 aliphatic heterocycles. The predicted molar refractivity (Wildman–Crippen MR) is 92.2 cm³/mol. The minimum Gasteiger partial charge on any atom is -0.286 e. The summed E-state index contributed by atoms with van der Waals surface area (Å²) >= 11 is 0. The summed E-state index contributed by atoms with van der Waals surface area (Å²) in [6.45, 7) is 4.21. The molecular weight excluding hydrogens is 300 g/mol. The highest BCUT2D eigenvalue weighted by Crippen LogP contribution is 2.26. The second-order valence-electron chi connectivity index (χ2n) is 5.56. The first-order valence-electron chi connectivity index (χ1n) is 7.83. The maximum atomic E-state index is 11.9. The Balaban J connectivity index is 2.91. The lowest BCUT2D eigenvalue weighted by Crippen LogP contribution is -2.39. The van der Waals surface area contributed by atoms with Crippen LogP contribution in [0.25, 0.3) is 0 Å². The summed E-state index contributed by atoms with van der Waals surface area (Å²) < 4.78 is 33.4. The van der Waals surface area contributed by atoms with Crippen LogP contribution in [-0.4, -0.2) is 27.4 Å². The van der Waals surface area contributed by atoms with Crippen LogP contribution in [0.3, 0.4) is 0 Å². The molecule has 5 heteroatoms. The maximum Gasteiger partial charge on any atom is 0.265 e. The van der Waals surface area contributed by atoms with Gasteiger partial charge in [0, 0.05) is 0 Å². The van der Waals surface area contributed by atoms with Crippen LogP contribution in [0, 0.1) is 5.92 Å². The van der Waals surface area contributed by atoms with Gasteiger partial charge in [0.15, 0.2) is 0 Å². The van der Waals surface area contributed by atoms with Gasteiger partial charge < -0.3 is 0 Å². The predicted octanol–water partition coefficient (Wildman–Crippen LogP) is 2.65. The first-order valence-corrected chi connectivity index (χ1v) is 10.9. The van der Waals surface area contributed by atoms with Gasteiger partial charge in [0.1, 0.15) is 0 Å². The summed E-state index contributed by atoms with van der Waals surface area (Å²) in [7, 11) is -5.08. The summed E-state index contributed by atoms with van der Waals surface area (Å²) in [5.74, 6) is 1.04. The molecule has 1 aromatic carbocycles. The fourth-order valence-corrected chi connectivity index (χ4v) is 6.29. The minimum atomic E-state index is -4.00. The third-order valence-electron chi connectivity index (χ3n) is 3.78. The fourth-order valence-electron chi connectivity index (χ4n) is 2.54. The summed E-state index contributed by atoms with van der Waals surface area (Å²) in [5, 5.41) is 1.09. The fraction of sp³-hybridized carbons (Fsp3) is 0.562. The second-order valence-corrected chi connectivity index (χ2v) is 9.79. The molecule has 1 unspecified atom stereocenters. The number of rotatable bonds is 10. The van der Waals surface area contributed by atoms with Crippen LogP contribution in [0.2, 0.25) is 0 Å². The number of unbranched alkanes of at least 4 members (excludes halogenated alkanes) is 2. The van der Waals surface area contributed by atoms with Crippen molar-refractivity contribution in [2.75, 3.05) is 0 Å². The zero-order valence-electron chi connectivity index (χ0n) is 13.1. The monoisotopic (exact) mass is 327 g/mol. The van der Waals surface area contributed by atoms with Gasteiger partial charge in [0.2, 0.25) is 0 Å². The van der Waals surface area contributed by atoms with Gasteiger partial charge in [0.05, 0.1) is 14.4 Å². The van der Waals surface area contributed by atoms with E-state index in [1.165, 1.54) is 0 Å². The molecule has 0 spiro atoms. The highest BCUT2D eigenvalue weighted by Gasteiger charge is 2.32. The van der Waals surface area contributed by atoms with Crippen LogP contribution < -0.4 is 5.19 Å². The standard InChI is InChI=1S/C16H27O3SSi/c1-3-5-10-14(11-6-4-2)16(20(17,18)19)21-15-12-8-7-9-13-15/h7-9,12-13,16H,3-6,10-11,21H2,1-2H3,(H,17,18,19). The van der Waals surface area contributed by atoms with E-state index in [0.717, 1.165) is 49.6 Å². The summed E-state index contributed by atoms with van der Waals surface area (Å²) in [5.41, 5.74) is 0. The van der Waals surface area contributed by atoms with Crippen molar-refractivity contribution in [2.24, 2.45) is 0 Å². The van der Waals surface area contributed by atoms with Crippen LogP contribution in [0.1, 0.15) is 52.4 Å². The number of hydrogen-bond acceptors (Lipinski definition) is 2. The SMILES string of the molecule is CCCC[C](CCCC)C([SiH2]c1ccccc1)S(=O)(=O)O. The maximum absolute atomic E-state index is 11.9. The molecule has 3 nitrogen and oxygen atoms in total. The molecule has 0 aliphatic carbocycles. The lowest BCUT2D eigenvalue weighted by atomic mass is 9.98. The number of benzene rings is 1. The zero-order valence-corrected chi connectivity index (χ0v) is 15.3. The van der Waals surface area contributed by atoms with E-state index in [1.54, 1.807) is 0 Å². The van der Waals surface area contributed by atoms with Crippen molar-refractivity contribution in [1.29, 1.82) is 0 Å². The van der Waals surface area contributed by atoms with E-state index in [-0.39, 0.29) is 0 Å². The molecular formula is C16H27O3SSi. The molecule has 0 aliphatic rings. The van der Waals surface area contributed by atoms with Crippen LogP contribution in [0.4, 0.5) is 0 Å².